The topological polar surface area (TPSA) is 76.4 Å². The van der Waals surface area contributed by atoms with Crippen molar-refractivity contribution in [2.45, 2.75) is 59.7 Å². The van der Waals surface area contributed by atoms with Crippen molar-refractivity contribution >= 4 is 29.9 Å². The SMILES string of the molecule is CCc1nncn1CCNC(=NC)NCc1ccc(C)cc1OC(C)(C)C.I. The van der Waals surface area contributed by atoms with Crippen molar-refractivity contribution in [3.8, 4) is 5.75 Å². The molecule has 1 aromatic carbocycles. The maximum atomic E-state index is 6.12. The fraction of sp³-hybridized carbons (Fsp3) is 0.550. The molecule has 0 saturated heterocycles. The van der Waals surface area contributed by atoms with E-state index in [0.717, 1.165) is 42.6 Å². The lowest BCUT2D eigenvalue weighted by Gasteiger charge is -2.24. The van der Waals surface area contributed by atoms with Crippen LogP contribution in [0.1, 0.15) is 44.6 Å². The zero-order valence-corrected chi connectivity index (χ0v) is 20.1. The molecule has 0 aliphatic carbocycles. The third kappa shape index (κ3) is 7.65. The average Bonchev–Trinajstić information content (AvgIpc) is 3.05. The standard InChI is InChI=1S/C20H32N6O.HI/c1-7-18-25-24-14-26(18)11-10-22-19(21-6)23-13-16-9-8-15(2)12-17(16)27-20(3,4)5;/h8-9,12,14H,7,10-11,13H2,1-6H3,(H2,21,22,23);1H. The molecular weight excluding hydrogens is 467 g/mol. The third-order valence-electron chi connectivity index (χ3n) is 3.97. The highest BCUT2D eigenvalue weighted by Gasteiger charge is 2.15. The van der Waals surface area contributed by atoms with Gasteiger partial charge in [0.05, 0.1) is 0 Å². The van der Waals surface area contributed by atoms with Gasteiger partial charge in [0.15, 0.2) is 5.96 Å². The first kappa shape index (κ1) is 24.2. The van der Waals surface area contributed by atoms with Gasteiger partial charge < -0.3 is 19.9 Å². The lowest BCUT2D eigenvalue weighted by molar-refractivity contribution is 0.129. The highest BCUT2D eigenvalue weighted by atomic mass is 127. The molecule has 8 heteroatoms. The summed E-state index contributed by atoms with van der Waals surface area (Å²) in [6, 6.07) is 6.28. The molecule has 0 amide bonds. The Bertz CT molecular complexity index is 766. The van der Waals surface area contributed by atoms with Crippen LogP contribution in [-0.4, -0.2) is 39.9 Å². The maximum Gasteiger partial charge on any atom is 0.191 e. The van der Waals surface area contributed by atoms with E-state index in [4.69, 9.17) is 4.74 Å². The highest BCUT2D eigenvalue weighted by molar-refractivity contribution is 14.0. The molecule has 0 spiro atoms. The number of guanidine groups is 1. The van der Waals surface area contributed by atoms with Crippen molar-refractivity contribution < 1.29 is 4.74 Å². The highest BCUT2D eigenvalue weighted by Crippen LogP contribution is 2.24. The molecular formula is C20H33IN6O. The molecule has 1 aromatic heterocycles. The Morgan fingerprint density at radius 2 is 2.00 bits per heavy atom. The van der Waals surface area contributed by atoms with Crippen LogP contribution in [0, 0.1) is 6.92 Å². The summed E-state index contributed by atoms with van der Waals surface area (Å²) >= 11 is 0. The number of halogens is 1. The number of aliphatic imine (C=N–C) groups is 1. The van der Waals surface area contributed by atoms with Crippen molar-refractivity contribution in [3.63, 3.8) is 0 Å². The van der Waals surface area contributed by atoms with Gasteiger partial charge in [-0.25, -0.2) is 0 Å². The number of nitrogens with zero attached hydrogens (tertiary/aromatic N) is 4. The third-order valence-corrected chi connectivity index (χ3v) is 3.97. The Morgan fingerprint density at radius 3 is 2.64 bits per heavy atom. The first-order chi connectivity index (χ1) is 12.8. The summed E-state index contributed by atoms with van der Waals surface area (Å²) in [6.07, 6.45) is 2.63. The predicted molar refractivity (Wildman–Crippen MR) is 125 cm³/mol. The van der Waals surface area contributed by atoms with Crippen LogP contribution >= 0.6 is 24.0 Å². The number of aryl methyl sites for hydroxylation is 2. The minimum absolute atomic E-state index is 0. The number of nitrogens with one attached hydrogen (secondary N) is 2. The van der Waals surface area contributed by atoms with Gasteiger partial charge >= 0.3 is 0 Å². The average molecular weight is 500 g/mol. The minimum atomic E-state index is -0.238. The molecule has 0 aliphatic heterocycles. The van der Waals surface area contributed by atoms with Crippen molar-refractivity contribution in [2.75, 3.05) is 13.6 Å². The second-order valence-corrected chi connectivity index (χ2v) is 7.47. The second kappa shape index (κ2) is 11.2. The van der Waals surface area contributed by atoms with Crippen LogP contribution in [0.15, 0.2) is 29.5 Å². The lowest BCUT2D eigenvalue weighted by Crippen LogP contribution is -2.38. The summed E-state index contributed by atoms with van der Waals surface area (Å²) in [5, 5.41) is 14.7. The van der Waals surface area contributed by atoms with Gasteiger partial charge in [0.25, 0.3) is 0 Å². The summed E-state index contributed by atoms with van der Waals surface area (Å²) in [6.45, 7) is 12.5. The van der Waals surface area contributed by atoms with Crippen LogP contribution in [0.5, 0.6) is 5.75 Å². The largest absolute Gasteiger partial charge is 0.488 e. The van der Waals surface area contributed by atoms with E-state index < -0.39 is 0 Å². The van der Waals surface area contributed by atoms with Gasteiger partial charge in [0, 0.05) is 38.7 Å². The van der Waals surface area contributed by atoms with E-state index in [1.54, 1.807) is 13.4 Å². The molecule has 0 radical (unpaired) electrons. The Labute approximate surface area is 185 Å². The van der Waals surface area contributed by atoms with E-state index in [1.165, 1.54) is 5.56 Å². The number of hydrogen-bond donors (Lipinski definition) is 2. The molecule has 28 heavy (non-hydrogen) atoms. The molecule has 0 aliphatic rings. The van der Waals surface area contributed by atoms with Crippen LogP contribution in [0.25, 0.3) is 0 Å². The maximum absolute atomic E-state index is 6.12. The van der Waals surface area contributed by atoms with Crippen LogP contribution in [0.2, 0.25) is 0 Å². The number of benzene rings is 1. The number of hydrogen-bond acceptors (Lipinski definition) is 4. The molecule has 156 valence electrons. The van der Waals surface area contributed by atoms with Gasteiger partial charge in [-0.2, -0.15) is 0 Å². The molecule has 2 aromatic rings. The van der Waals surface area contributed by atoms with Crippen molar-refractivity contribution in [3.05, 3.63) is 41.5 Å². The molecule has 0 unspecified atom stereocenters. The van der Waals surface area contributed by atoms with Gasteiger partial charge in [-0.3, -0.25) is 4.99 Å². The number of rotatable bonds is 7. The monoisotopic (exact) mass is 500 g/mol. The molecule has 2 N–H and O–H groups in total. The van der Waals surface area contributed by atoms with E-state index in [0.29, 0.717) is 6.54 Å². The molecule has 0 fully saturated rings. The summed E-state index contributed by atoms with van der Waals surface area (Å²) in [5.41, 5.74) is 2.05. The van der Waals surface area contributed by atoms with E-state index in [-0.39, 0.29) is 29.6 Å². The van der Waals surface area contributed by atoms with E-state index in [1.807, 2.05) is 0 Å². The molecule has 0 atom stereocenters. The van der Waals surface area contributed by atoms with Gasteiger partial charge in [-0.05, 0) is 39.3 Å². The summed E-state index contributed by atoms with van der Waals surface area (Å²) in [7, 11) is 1.77. The van der Waals surface area contributed by atoms with E-state index >= 15 is 0 Å². The van der Waals surface area contributed by atoms with Gasteiger partial charge in [0.2, 0.25) is 0 Å². The smallest absolute Gasteiger partial charge is 0.191 e. The fourth-order valence-electron chi connectivity index (χ4n) is 2.67. The zero-order chi connectivity index (χ0) is 19.9. The Morgan fingerprint density at radius 1 is 1.25 bits per heavy atom. The summed E-state index contributed by atoms with van der Waals surface area (Å²) < 4.78 is 8.17. The quantitative estimate of drug-likeness (QED) is 0.347. The predicted octanol–water partition coefficient (Wildman–Crippen LogP) is 3.31. The van der Waals surface area contributed by atoms with E-state index in [2.05, 4.69) is 83.2 Å². The first-order valence-electron chi connectivity index (χ1n) is 9.42. The van der Waals surface area contributed by atoms with E-state index in [9.17, 15) is 0 Å². The molecule has 0 bridgehead atoms. The normalized spacial score (nSPS) is 11.7. The molecule has 1 heterocycles. The van der Waals surface area contributed by atoms with Gasteiger partial charge in [-0.15, -0.1) is 34.2 Å². The first-order valence-corrected chi connectivity index (χ1v) is 9.42. The molecule has 2 rings (SSSR count). The van der Waals surface area contributed by atoms with Crippen molar-refractivity contribution in [1.29, 1.82) is 0 Å². The van der Waals surface area contributed by atoms with Gasteiger partial charge in [-0.1, -0.05) is 19.1 Å². The zero-order valence-electron chi connectivity index (χ0n) is 17.7. The Balaban J connectivity index is 0.00000392. The Hall–Kier alpha value is -1.84. The van der Waals surface area contributed by atoms with Crippen LogP contribution < -0.4 is 15.4 Å². The van der Waals surface area contributed by atoms with Crippen molar-refractivity contribution in [1.82, 2.24) is 25.4 Å². The van der Waals surface area contributed by atoms with Crippen LogP contribution in [-0.2, 0) is 19.5 Å². The lowest BCUT2D eigenvalue weighted by atomic mass is 10.1. The number of ether oxygens (including phenoxy) is 1. The number of aromatic nitrogens is 3. The summed E-state index contributed by atoms with van der Waals surface area (Å²) in [5.74, 6) is 2.65. The van der Waals surface area contributed by atoms with Gasteiger partial charge in [0.1, 0.15) is 23.5 Å². The minimum Gasteiger partial charge on any atom is -0.488 e. The Kier molecular flexibility index (Phi) is 9.71. The van der Waals surface area contributed by atoms with Crippen LogP contribution in [0.4, 0.5) is 0 Å². The van der Waals surface area contributed by atoms with Crippen LogP contribution in [0.3, 0.4) is 0 Å². The molecule has 7 nitrogen and oxygen atoms in total. The fourth-order valence-corrected chi connectivity index (χ4v) is 2.67. The van der Waals surface area contributed by atoms with Crippen molar-refractivity contribution in [2.24, 2.45) is 4.99 Å². The summed E-state index contributed by atoms with van der Waals surface area (Å²) in [4.78, 5) is 4.30. The molecule has 0 saturated carbocycles. The second-order valence-electron chi connectivity index (χ2n) is 7.47.